The summed E-state index contributed by atoms with van der Waals surface area (Å²) >= 11 is 0. The molecule has 0 radical (unpaired) electrons. The second-order valence-electron chi connectivity index (χ2n) is 3.23. The van der Waals surface area contributed by atoms with Gasteiger partial charge in [-0.1, -0.05) is 31.5 Å². The summed E-state index contributed by atoms with van der Waals surface area (Å²) in [6.45, 7) is 2.32. The Morgan fingerprint density at radius 1 is 1.43 bits per heavy atom. The lowest BCUT2D eigenvalue weighted by atomic mass is 10.1. The largest absolute Gasteiger partial charge is 0.376 e. The highest BCUT2D eigenvalue weighted by Crippen LogP contribution is 2.16. The van der Waals surface area contributed by atoms with E-state index in [4.69, 9.17) is 5.73 Å². The number of carbonyl (C=O) groups excluding carboxylic acids is 1. The molecule has 0 bridgehead atoms. The zero-order chi connectivity index (χ0) is 10.4. The number of aryl methyl sites for hydroxylation is 1. The molecule has 0 spiro atoms. The number of anilines is 1. The van der Waals surface area contributed by atoms with Crippen LogP contribution in [0, 0.1) is 0 Å². The number of nitrogens with one attached hydrogen (secondary N) is 1. The van der Waals surface area contributed by atoms with Crippen molar-refractivity contribution in [1.82, 2.24) is 0 Å². The van der Waals surface area contributed by atoms with Crippen LogP contribution in [0.4, 0.5) is 5.69 Å². The third-order valence-corrected chi connectivity index (χ3v) is 1.99. The molecule has 0 aliphatic heterocycles. The standard InChI is InChI=1S/C11H16N2O/c1-2-5-9-6-3-4-7-10(9)13-8-11(12)14/h3-4,6-7,13H,2,5,8H2,1H3,(H2,12,14). The quantitative estimate of drug-likeness (QED) is 0.743. The molecular weight excluding hydrogens is 176 g/mol. The normalized spacial score (nSPS) is 9.79. The Labute approximate surface area is 84.3 Å². The average molecular weight is 192 g/mol. The minimum absolute atomic E-state index is 0.195. The molecule has 1 aromatic carbocycles. The van der Waals surface area contributed by atoms with Crippen molar-refractivity contribution in [1.29, 1.82) is 0 Å². The first-order chi connectivity index (χ1) is 6.74. The summed E-state index contributed by atoms with van der Waals surface area (Å²) in [5.41, 5.74) is 7.30. The van der Waals surface area contributed by atoms with E-state index in [1.807, 2.05) is 18.2 Å². The lowest BCUT2D eigenvalue weighted by Crippen LogP contribution is -2.22. The van der Waals surface area contributed by atoms with Gasteiger partial charge in [0.25, 0.3) is 0 Å². The molecule has 0 heterocycles. The van der Waals surface area contributed by atoms with Crippen molar-refractivity contribution in [2.45, 2.75) is 19.8 Å². The highest BCUT2D eigenvalue weighted by atomic mass is 16.1. The highest BCUT2D eigenvalue weighted by Gasteiger charge is 2.00. The Bertz CT molecular complexity index is 310. The van der Waals surface area contributed by atoms with E-state index < -0.39 is 0 Å². The van der Waals surface area contributed by atoms with Gasteiger partial charge >= 0.3 is 0 Å². The van der Waals surface area contributed by atoms with Gasteiger partial charge in [-0.05, 0) is 18.1 Å². The average Bonchev–Trinajstić information content (AvgIpc) is 2.17. The van der Waals surface area contributed by atoms with Crippen LogP contribution in [0.15, 0.2) is 24.3 Å². The fraction of sp³-hybridized carbons (Fsp3) is 0.364. The van der Waals surface area contributed by atoms with E-state index in [1.54, 1.807) is 0 Å². The number of para-hydroxylation sites is 1. The van der Waals surface area contributed by atoms with E-state index in [2.05, 4.69) is 18.3 Å². The van der Waals surface area contributed by atoms with Crippen LogP contribution in [0.3, 0.4) is 0 Å². The van der Waals surface area contributed by atoms with E-state index in [0.29, 0.717) is 0 Å². The molecule has 0 aliphatic carbocycles. The molecule has 0 saturated carbocycles. The summed E-state index contributed by atoms with van der Waals surface area (Å²) in [6, 6.07) is 7.98. The van der Waals surface area contributed by atoms with Crippen LogP contribution in [0.1, 0.15) is 18.9 Å². The topological polar surface area (TPSA) is 55.1 Å². The summed E-state index contributed by atoms with van der Waals surface area (Å²) in [4.78, 5) is 10.6. The summed E-state index contributed by atoms with van der Waals surface area (Å²) < 4.78 is 0. The molecule has 1 aromatic rings. The van der Waals surface area contributed by atoms with E-state index in [9.17, 15) is 4.79 Å². The molecule has 3 N–H and O–H groups in total. The van der Waals surface area contributed by atoms with Crippen LogP contribution in [0.2, 0.25) is 0 Å². The summed E-state index contributed by atoms with van der Waals surface area (Å²) in [5, 5.41) is 3.02. The number of benzene rings is 1. The van der Waals surface area contributed by atoms with Crippen LogP contribution < -0.4 is 11.1 Å². The van der Waals surface area contributed by atoms with Gasteiger partial charge in [-0.3, -0.25) is 4.79 Å². The first kappa shape index (κ1) is 10.6. The Morgan fingerprint density at radius 3 is 2.79 bits per heavy atom. The summed E-state index contributed by atoms with van der Waals surface area (Å²) in [7, 11) is 0. The summed E-state index contributed by atoms with van der Waals surface area (Å²) in [6.07, 6.45) is 2.11. The van der Waals surface area contributed by atoms with Crippen LogP contribution >= 0.6 is 0 Å². The molecule has 14 heavy (non-hydrogen) atoms. The minimum atomic E-state index is -0.337. The van der Waals surface area contributed by atoms with Gasteiger partial charge in [-0.15, -0.1) is 0 Å². The Kier molecular flexibility index (Phi) is 3.98. The van der Waals surface area contributed by atoms with Gasteiger partial charge in [0.15, 0.2) is 0 Å². The Balaban J connectivity index is 2.68. The number of amides is 1. The molecule has 0 saturated heterocycles. The van der Waals surface area contributed by atoms with Gasteiger partial charge in [-0.25, -0.2) is 0 Å². The second-order valence-corrected chi connectivity index (χ2v) is 3.23. The number of nitrogens with two attached hydrogens (primary N) is 1. The van der Waals surface area contributed by atoms with Crippen LogP contribution in [-0.4, -0.2) is 12.5 Å². The molecule has 3 nitrogen and oxygen atoms in total. The Hall–Kier alpha value is -1.51. The maximum absolute atomic E-state index is 10.6. The van der Waals surface area contributed by atoms with Crippen LogP contribution in [-0.2, 0) is 11.2 Å². The SMILES string of the molecule is CCCc1ccccc1NCC(N)=O. The number of hydrogen-bond acceptors (Lipinski definition) is 2. The van der Waals surface area contributed by atoms with Crippen molar-refractivity contribution in [2.24, 2.45) is 5.73 Å². The van der Waals surface area contributed by atoms with Crippen molar-refractivity contribution in [2.75, 3.05) is 11.9 Å². The van der Waals surface area contributed by atoms with Crippen molar-refractivity contribution in [3.05, 3.63) is 29.8 Å². The summed E-state index contributed by atoms with van der Waals surface area (Å²) in [5.74, 6) is -0.337. The lowest BCUT2D eigenvalue weighted by Gasteiger charge is -2.09. The minimum Gasteiger partial charge on any atom is -0.376 e. The van der Waals surface area contributed by atoms with Gasteiger partial charge < -0.3 is 11.1 Å². The molecule has 0 aromatic heterocycles. The predicted octanol–water partition coefficient (Wildman–Crippen LogP) is 1.54. The first-order valence-electron chi connectivity index (χ1n) is 4.84. The Morgan fingerprint density at radius 2 is 2.14 bits per heavy atom. The fourth-order valence-corrected chi connectivity index (χ4v) is 1.36. The van der Waals surface area contributed by atoms with Gasteiger partial charge in [0.1, 0.15) is 0 Å². The number of rotatable bonds is 5. The highest BCUT2D eigenvalue weighted by molar-refractivity contribution is 5.79. The van der Waals surface area contributed by atoms with Gasteiger partial charge in [0, 0.05) is 5.69 Å². The molecular formula is C11H16N2O. The van der Waals surface area contributed by atoms with Gasteiger partial charge in [0.05, 0.1) is 6.54 Å². The van der Waals surface area contributed by atoms with E-state index in [-0.39, 0.29) is 12.5 Å². The van der Waals surface area contributed by atoms with Gasteiger partial charge in [0.2, 0.25) is 5.91 Å². The lowest BCUT2D eigenvalue weighted by molar-refractivity contribution is -0.116. The number of carbonyl (C=O) groups is 1. The third kappa shape index (κ3) is 3.09. The van der Waals surface area contributed by atoms with Gasteiger partial charge in [-0.2, -0.15) is 0 Å². The molecule has 1 rings (SSSR count). The number of hydrogen-bond donors (Lipinski definition) is 2. The van der Waals surface area contributed by atoms with E-state index in [0.717, 1.165) is 18.5 Å². The third-order valence-electron chi connectivity index (χ3n) is 1.99. The first-order valence-corrected chi connectivity index (χ1v) is 4.84. The van der Waals surface area contributed by atoms with E-state index >= 15 is 0 Å². The fourth-order valence-electron chi connectivity index (χ4n) is 1.36. The maximum Gasteiger partial charge on any atom is 0.236 e. The van der Waals surface area contributed by atoms with Crippen molar-refractivity contribution in [3.63, 3.8) is 0 Å². The maximum atomic E-state index is 10.6. The zero-order valence-corrected chi connectivity index (χ0v) is 8.42. The molecule has 0 unspecified atom stereocenters. The van der Waals surface area contributed by atoms with Crippen LogP contribution in [0.25, 0.3) is 0 Å². The van der Waals surface area contributed by atoms with Crippen molar-refractivity contribution in [3.8, 4) is 0 Å². The molecule has 3 heteroatoms. The molecule has 1 amide bonds. The van der Waals surface area contributed by atoms with Crippen molar-refractivity contribution < 1.29 is 4.79 Å². The zero-order valence-electron chi connectivity index (χ0n) is 8.42. The van der Waals surface area contributed by atoms with E-state index in [1.165, 1.54) is 5.56 Å². The molecule has 0 fully saturated rings. The molecule has 0 atom stereocenters. The predicted molar refractivity (Wildman–Crippen MR) is 58.1 cm³/mol. The second kappa shape index (κ2) is 5.27. The van der Waals surface area contributed by atoms with Crippen LogP contribution in [0.5, 0.6) is 0 Å². The smallest absolute Gasteiger partial charge is 0.236 e. The monoisotopic (exact) mass is 192 g/mol. The molecule has 0 aliphatic rings. The number of primary amides is 1. The van der Waals surface area contributed by atoms with Crippen molar-refractivity contribution >= 4 is 11.6 Å². The molecule has 76 valence electrons.